The monoisotopic (exact) mass is 454 g/mol. The number of aliphatic hydroxyl groups is 2. The number of nitrogens with one attached hydrogen (secondary N) is 2. The van der Waals surface area contributed by atoms with Crippen LogP contribution in [-0.4, -0.2) is 60.9 Å². The van der Waals surface area contributed by atoms with Crippen molar-refractivity contribution >= 4 is 34.5 Å². The van der Waals surface area contributed by atoms with Crippen molar-refractivity contribution in [2.45, 2.75) is 43.1 Å². The van der Waals surface area contributed by atoms with Crippen LogP contribution in [-0.2, 0) is 4.79 Å². The molecule has 3 aliphatic rings. The Morgan fingerprint density at radius 1 is 1.25 bits per heavy atom. The SMILES string of the molecule is CNC(=O)C12CC1C(n1cnc3c(N[C@@H]4C[C@H]4c4ccccc4)nc(Cl)nc31)C(O)C2O. The summed E-state index contributed by atoms with van der Waals surface area (Å²) in [6, 6.07) is 10.00. The van der Waals surface area contributed by atoms with Gasteiger partial charge in [-0.15, -0.1) is 0 Å². The van der Waals surface area contributed by atoms with Crippen LogP contribution in [0.1, 0.15) is 30.4 Å². The number of fused-ring (bicyclic) bond motifs is 2. The van der Waals surface area contributed by atoms with E-state index < -0.39 is 23.7 Å². The van der Waals surface area contributed by atoms with Gasteiger partial charge in [-0.25, -0.2) is 4.98 Å². The Morgan fingerprint density at radius 2 is 2.03 bits per heavy atom. The molecule has 5 unspecified atom stereocenters. The minimum Gasteiger partial charge on any atom is -0.389 e. The number of carbonyl (C=O) groups excluding carboxylic acids is 1. The van der Waals surface area contributed by atoms with Crippen molar-refractivity contribution in [1.29, 1.82) is 0 Å². The molecular weight excluding hydrogens is 432 g/mol. The number of rotatable bonds is 5. The number of imidazole rings is 1. The smallest absolute Gasteiger partial charge is 0.229 e. The topological polar surface area (TPSA) is 125 Å². The lowest BCUT2D eigenvalue weighted by Crippen LogP contribution is -2.41. The molecule has 10 heteroatoms. The minimum absolute atomic E-state index is 0.0695. The van der Waals surface area contributed by atoms with E-state index in [4.69, 9.17) is 11.6 Å². The van der Waals surface area contributed by atoms with Gasteiger partial charge in [0.15, 0.2) is 17.0 Å². The maximum absolute atomic E-state index is 12.4. The normalized spacial score (nSPS) is 34.9. The van der Waals surface area contributed by atoms with E-state index in [1.165, 1.54) is 12.6 Å². The van der Waals surface area contributed by atoms with Gasteiger partial charge in [0.2, 0.25) is 11.2 Å². The lowest BCUT2D eigenvalue weighted by molar-refractivity contribution is -0.132. The molecule has 3 saturated carbocycles. The summed E-state index contributed by atoms with van der Waals surface area (Å²) in [6.45, 7) is 0. The summed E-state index contributed by atoms with van der Waals surface area (Å²) >= 11 is 6.25. The zero-order valence-electron chi connectivity index (χ0n) is 17.3. The predicted octanol–water partition coefficient (Wildman–Crippen LogP) is 1.48. The molecule has 3 aliphatic carbocycles. The highest BCUT2D eigenvalue weighted by molar-refractivity contribution is 6.28. The minimum atomic E-state index is -1.15. The van der Waals surface area contributed by atoms with Gasteiger partial charge in [0.05, 0.1) is 23.9 Å². The standard InChI is InChI=1S/C22H23ClN6O3/c1-24-20(32)22-8-12(22)15(16(30)17(22)31)29-9-25-14-18(27-21(23)28-19(14)29)26-13-7-11(13)10-5-3-2-4-6-10/h2-6,9,11-13,15-17,30-31H,7-8H2,1H3,(H,24,32)(H,26,27,28)/t11-,12?,13+,15?,16?,17?,22?/m0/s1. The summed E-state index contributed by atoms with van der Waals surface area (Å²) in [7, 11) is 1.54. The molecule has 6 rings (SSSR count). The lowest BCUT2D eigenvalue weighted by Gasteiger charge is -2.23. The molecule has 2 heterocycles. The summed E-state index contributed by atoms with van der Waals surface area (Å²) in [4.78, 5) is 25.7. The third kappa shape index (κ3) is 2.71. The van der Waals surface area contributed by atoms with Gasteiger partial charge in [0, 0.05) is 24.9 Å². The maximum Gasteiger partial charge on any atom is 0.229 e. The number of aliphatic hydroxyl groups excluding tert-OH is 2. The van der Waals surface area contributed by atoms with Crippen molar-refractivity contribution in [2.75, 3.05) is 12.4 Å². The van der Waals surface area contributed by atoms with E-state index in [1.54, 1.807) is 10.9 Å². The fourth-order valence-corrected chi connectivity index (χ4v) is 5.76. The van der Waals surface area contributed by atoms with Crippen molar-refractivity contribution in [1.82, 2.24) is 24.8 Å². The number of benzene rings is 1. The van der Waals surface area contributed by atoms with Gasteiger partial charge in [-0.05, 0) is 30.0 Å². The van der Waals surface area contributed by atoms with E-state index in [9.17, 15) is 15.0 Å². The summed E-state index contributed by atoms with van der Waals surface area (Å²) in [5.74, 6) is 0.481. The molecule has 1 amide bonds. The second-order valence-electron chi connectivity index (χ2n) is 9.03. The second kappa shape index (κ2) is 6.87. The zero-order chi connectivity index (χ0) is 22.2. The molecule has 1 aromatic carbocycles. The summed E-state index contributed by atoms with van der Waals surface area (Å²) in [5, 5.41) is 27.6. The van der Waals surface area contributed by atoms with Crippen LogP contribution in [0.3, 0.4) is 0 Å². The largest absolute Gasteiger partial charge is 0.389 e. The van der Waals surface area contributed by atoms with Crippen molar-refractivity contribution in [3.05, 3.63) is 47.5 Å². The first-order valence-corrected chi connectivity index (χ1v) is 11.1. The van der Waals surface area contributed by atoms with Crippen molar-refractivity contribution in [2.24, 2.45) is 11.3 Å². The fourth-order valence-electron chi connectivity index (χ4n) is 5.59. The number of amides is 1. The highest BCUT2D eigenvalue weighted by atomic mass is 35.5. The molecule has 2 aromatic heterocycles. The molecular formula is C22H23ClN6O3. The number of halogens is 1. The van der Waals surface area contributed by atoms with Crippen molar-refractivity contribution < 1.29 is 15.0 Å². The van der Waals surface area contributed by atoms with Gasteiger partial charge in [-0.3, -0.25) is 4.79 Å². The van der Waals surface area contributed by atoms with E-state index in [-0.39, 0.29) is 23.2 Å². The first-order valence-electron chi connectivity index (χ1n) is 10.8. The van der Waals surface area contributed by atoms with E-state index in [0.29, 0.717) is 29.3 Å². The Balaban J connectivity index is 1.32. The molecule has 3 aromatic rings. The highest BCUT2D eigenvalue weighted by Gasteiger charge is 2.75. The number of nitrogens with zero attached hydrogens (tertiary/aromatic N) is 4. The van der Waals surface area contributed by atoms with Crippen molar-refractivity contribution in [3.63, 3.8) is 0 Å². The Labute approximate surface area is 188 Å². The van der Waals surface area contributed by atoms with Gasteiger partial charge in [0.25, 0.3) is 0 Å². The first-order chi connectivity index (χ1) is 15.5. The summed E-state index contributed by atoms with van der Waals surface area (Å²) < 4.78 is 1.73. The summed E-state index contributed by atoms with van der Waals surface area (Å²) in [5.41, 5.74) is 1.33. The lowest BCUT2D eigenvalue weighted by atomic mass is 9.98. The number of aromatic nitrogens is 4. The van der Waals surface area contributed by atoms with E-state index in [0.717, 1.165) is 6.42 Å². The van der Waals surface area contributed by atoms with Gasteiger partial charge in [-0.1, -0.05) is 30.3 Å². The molecule has 166 valence electrons. The van der Waals surface area contributed by atoms with Gasteiger partial charge >= 0.3 is 0 Å². The predicted molar refractivity (Wildman–Crippen MR) is 117 cm³/mol. The number of hydrogen-bond donors (Lipinski definition) is 4. The number of carbonyl (C=O) groups is 1. The van der Waals surface area contributed by atoms with E-state index in [1.807, 2.05) is 18.2 Å². The Kier molecular flexibility index (Phi) is 4.27. The average Bonchev–Trinajstić information content (AvgIpc) is 3.67. The van der Waals surface area contributed by atoms with Crippen LogP contribution in [0, 0.1) is 11.3 Å². The van der Waals surface area contributed by atoms with E-state index in [2.05, 4.69) is 37.7 Å². The van der Waals surface area contributed by atoms with Crippen LogP contribution in [0.5, 0.6) is 0 Å². The molecule has 32 heavy (non-hydrogen) atoms. The van der Waals surface area contributed by atoms with Gasteiger partial charge in [-0.2, -0.15) is 9.97 Å². The molecule has 3 fully saturated rings. The van der Waals surface area contributed by atoms with Gasteiger partial charge in [0.1, 0.15) is 6.10 Å². The first kappa shape index (κ1) is 19.9. The van der Waals surface area contributed by atoms with Gasteiger partial charge < -0.3 is 25.4 Å². The second-order valence-corrected chi connectivity index (χ2v) is 9.36. The molecule has 0 radical (unpaired) electrons. The molecule has 0 spiro atoms. The maximum atomic E-state index is 12.4. The summed E-state index contributed by atoms with van der Waals surface area (Å²) in [6.07, 6.45) is 0.807. The fraction of sp³-hybridized carbons (Fsp3) is 0.455. The Hall–Kier alpha value is -2.75. The highest BCUT2D eigenvalue weighted by Crippen LogP contribution is 2.67. The van der Waals surface area contributed by atoms with Crippen LogP contribution < -0.4 is 10.6 Å². The number of anilines is 1. The quantitative estimate of drug-likeness (QED) is 0.430. The third-order valence-corrected chi connectivity index (χ3v) is 7.55. The zero-order valence-corrected chi connectivity index (χ0v) is 18.1. The van der Waals surface area contributed by atoms with Crippen LogP contribution in [0.2, 0.25) is 5.28 Å². The van der Waals surface area contributed by atoms with E-state index >= 15 is 0 Å². The third-order valence-electron chi connectivity index (χ3n) is 7.38. The molecule has 0 saturated heterocycles. The number of hydrogen-bond acceptors (Lipinski definition) is 7. The molecule has 4 N–H and O–H groups in total. The van der Waals surface area contributed by atoms with Crippen LogP contribution >= 0.6 is 11.6 Å². The average molecular weight is 455 g/mol. The van der Waals surface area contributed by atoms with Crippen LogP contribution in [0.15, 0.2) is 36.7 Å². The molecule has 0 bridgehead atoms. The van der Waals surface area contributed by atoms with Crippen molar-refractivity contribution in [3.8, 4) is 0 Å². The molecule has 7 atom stereocenters. The molecule has 0 aliphatic heterocycles. The van der Waals surface area contributed by atoms with Crippen LogP contribution in [0.25, 0.3) is 11.2 Å². The Bertz CT molecular complexity index is 1220. The molecule has 9 nitrogen and oxygen atoms in total. The Morgan fingerprint density at radius 3 is 2.78 bits per heavy atom. The van der Waals surface area contributed by atoms with Crippen LogP contribution in [0.4, 0.5) is 5.82 Å².